The fourth-order valence-corrected chi connectivity index (χ4v) is 2.79. The third-order valence-corrected chi connectivity index (χ3v) is 3.92. The molecule has 0 spiro atoms. The quantitative estimate of drug-likeness (QED) is 0.880. The Morgan fingerprint density at radius 1 is 1.26 bits per heavy atom. The van der Waals surface area contributed by atoms with Gasteiger partial charge in [0.1, 0.15) is 5.75 Å². The van der Waals surface area contributed by atoms with Crippen LogP contribution in [0.15, 0.2) is 18.2 Å². The minimum Gasteiger partial charge on any atom is -0.496 e. The molecule has 0 bridgehead atoms. The van der Waals surface area contributed by atoms with Gasteiger partial charge in [-0.2, -0.15) is 0 Å². The van der Waals surface area contributed by atoms with E-state index in [1.165, 1.54) is 50.1 Å². The topological polar surface area (TPSA) is 24.5 Å². The Bertz CT molecular complexity index is 384. The summed E-state index contributed by atoms with van der Waals surface area (Å²) in [7, 11) is 1.76. The Kier molecular flexibility index (Phi) is 5.67. The van der Waals surface area contributed by atoms with Gasteiger partial charge < -0.3 is 15.0 Å². The maximum Gasteiger partial charge on any atom is 0.122 e. The molecule has 0 radical (unpaired) electrons. The molecule has 3 nitrogen and oxygen atoms in total. The van der Waals surface area contributed by atoms with Crippen molar-refractivity contribution in [1.29, 1.82) is 0 Å². The van der Waals surface area contributed by atoms with Gasteiger partial charge in [0, 0.05) is 13.1 Å². The molecule has 1 aromatic carbocycles. The van der Waals surface area contributed by atoms with Crippen LogP contribution < -0.4 is 10.1 Å². The summed E-state index contributed by atoms with van der Waals surface area (Å²) in [6.07, 6.45) is 3.59. The highest BCUT2D eigenvalue weighted by molar-refractivity contribution is 5.39. The van der Waals surface area contributed by atoms with Gasteiger partial charge in [-0.05, 0) is 63.0 Å². The number of methoxy groups -OCH3 is 1. The van der Waals surface area contributed by atoms with Crippen LogP contribution in [0.25, 0.3) is 0 Å². The molecule has 1 aliphatic heterocycles. The molecule has 0 aliphatic carbocycles. The molecule has 1 aromatic rings. The zero-order valence-electron chi connectivity index (χ0n) is 12.2. The van der Waals surface area contributed by atoms with Crippen molar-refractivity contribution in [3.63, 3.8) is 0 Å². The highest BCUT2D eigenvalue weighted by atomic mass is 16.5. The van der Waals surface area contributed by atoms with Gasteiger partial charge in [0.05, 0.1) is 7.11 Å². The number of ether oxygens (including phenoxy) is 1. The van der Waals surface area contributed by atoms with Crippen molar-refractivity contribution in [2.75, 3.05) is 39.8 Å². The summed E-state index contributed by atoms with van der Waals surface area (Å²) in [6.45, 7) is 8.09. The third-order valence-electron chi connectivity index (χ3n) is 3.92. The van der Waals surface area contributed by atoms with E-state index < -0.39 is 0 Å². The maximum atomic E-state index is 5.47. The van der Waals surface area contributed by atoms with Crippen molar-refractivity contribution in [2.24, 2.45) is 0 Å². The van der Waals surface area contributed by atoms with Crippen LogP contribution in [0.5, 0.6) is 5.75 Å². The lowest BCUT2D eigenvalue weighted by Gasteiger charge is -2.19. The van der Waals surface area contributed by atoms with Gasteiger partial charge in [0.15, 0.2) is 0 Å². The normalized spacial score (nSPS) is 17.2. The first-order valence-electron chi connectivity index (χ1n) is 7.37. The molecule has 1 heterocycles. The van der Waals surface area contributed by atoms with E-state index >= 15 is 0 Å². The Labute approximate surface area is 116 Å². The molecule has 19 heavy (non-hydrogen) atoms. The molecule has 3 heteroatoms. The second kappa shape index (κ2) is 7.51. The van der Waals surface area contributed by atoms with E-state index in [9.17, 15) is 0 Å². The van der Waals surface area contributed by atoms with E-state index in [4.69, 9.17) is 4.74 Å². The molecule has 0 amide bonds. The van der Waals surface area contributed by atoms with Crippen LogP contribution in [0.4, 0.5) is 0 Å². The zero-order chi connectivity index (χ0) is 13.5. The first-order chi connectivity index (χ1) is 9.31. The van der Waals surface area contributed by atoms with Crippen LogP contribution in [0.1, 0.15) is 24.0 Å². The van der Waals surface area contributed by atoms with Crippen LogP contribution in [0.3, 0.4) is 0 Å². The van der Waals surface area contributed by atoms with Gasteiger partial charge in [0.25, 0.3) is 0 Å². The number of nitrogens with one attached hydrogen (secondary N) is 1. The van der Waals surface area contributed by atoms with Crippen molar-refractivity contribution in [1.82, 2.24) is 10.2 Å². The lowest BCUT2D eigenvalue weighted by atomic mass is 10.0. The Balaban J connectivity index is 1.85. The Hall–Kier alpha value is -1.06. The Morgan fingerprint density at radius 3 is 3.00 bits per heavy atom. The SMILES string of the molecule is COc1cccc(C)c1CCCN1CCCNCC1. The highest BCUT2D eigenvalue weighted by Gasteiger charge is 2.10. The van der Waals surface area contributed by atoms with Gasteiger partial charge in [-0.25, -0.2) is 0 Å². The summed E-state index contributed by atoms with van der Waals surface area (Å²) < 4.78 is 5.47. The fraction of sp³-hybridized carbons (Fsp3) is 0.625. The van der Waals surface area contributed by atoms with Gasteiger partial charge in [-0.3, -0.25) is 0 Å². The zero-order valence-corrected chi connectivity index (χ0v) is 12.2. The molecule has 0 unspecified atom stereocenters. The maximum absolute atomic E-state index is 5.47. The molecule has 0 saturated carbocycles. The molecule has 1 aliphatic rings. The average Bonchev–Trinajstić information content (AvgIpc) is 2.69. The molecular formula is C16H26N2O. The lowest BCUT2D eigenvalue weighted by Crippen LogP contribution is -2.29. The van der Waals surface area contributed by atoms with E-state index in [1.807, 2.05) is 0 Å². The van der Waals surface area contributed by atoms with Crippen molar-refractivity contribution in [2.45, 2.75) is 26.2 Å². The molecule has 0 atom stereocenters. The number of benzene rings is 1. The Morgan fingerprint density at radius 2 is 2.16 bits per heavy atom. The van der Waals surface area contributed by atoms with Crippen molar-refractivity contribution < 1.29 is 4.74 Å². The summed E-state index contributed by atoms with van der Waals surface area (Å²) >= 11 is 0. The van der Waals surface area contributed by atoms with Crippen LogP contribution in [0, 0.1) is 6.92 Å². The molecule has 1 saturated heterocycles. The second-order valence-electron chi connectivity index (χ2n) is 5.30. The highest BCUT2D eigenvalue weighted by Crippen LogP contribution is 2.23. The number of hydrogen-bond acceptors (Lipinski definition) is 3. The largest absolute Gasteiger partial charge is 0.496 e. The van der Waals surface area contributed by atoms with E-state index in [-0.39, 0.29) is 0 Å². The first-order valence-corrected chi connectivity index (χ1v) is 7.37. The monoisotopic (exact) mass is 262 g/mol. The summed E-state index contributed by atoms with van der Waals surface area (Å²) in [4.78, 5) is 2.57. The molecule has 106 valence electrons. The molecule has 1 N–H and O–H groups in total. The minimum atomic E-state index is 1.04. The smallest absolute Gasteiger partial charge is 0.122 e. The molecular weight excluding hydrogens is 236 g/mol. The number of aryl methyl sites for hydroxylation is 1. The fourth-order valence-electron chi connectivity index (χ4n) is 2.79. The molecule has 1 fully saturated rings. The summed E-state index contributed by atoms with van der Waals surface area (Å²) in [5.74, 6) is 1.04. The van der Waals surface area contributed by atoms with E-state index in [1.54, 1.807) is 7.11 Å². The molecule has 0 aromatic heterocycles. The van der Waals surface area contributed by atoms with Crippen LogP contribution >= 0.6 is 0 Å². The lowest BCUT2D eigenvalue weighted by molar-refractivity contribution is 0.288. The average molecular weight is 262 g/mol. The number of rotatable bonds is 5. The number of hydrogen-bond donors (Lipinski definition) is 1. The van der Waals surface area contributed by atoms with Gasteiger partial charge in [-0.1, -0.05) is 12.1 Å². The van der Waals surface area contributed by atoms with Crippen LogP contribution in [-0.2, 0) is 6.42 Å². The summed E-state index contributed by atoms with van der Waals surface area (Å²) in [6, 6.07) is 6.31. The van der Waals surface area contributed by atoms with Crippen LogP contribution in [-0.4, -0.2) is 44.7 Å². The second-order valence-corrected chi connectivity index (χ2v) is 5.30. The van der Waals surface area contributed by atoms with Crippen molar-refractivity contribution in [3.05, 3.63) is 29.3 Å². The summed E-state index contributed by atoms with van der Waals surface area (Å²) in [5, 5.41) is 3.45. The predicted molar refractivity (Wildman–Crippen MR) is 80.0 cm³/mol. The third kappa shape index (κ3) is 4.22. The summed E-state index contributed by atoms with van der Waals surface area (Å²) in [5.41, 5.74) is 2.72. The predicted octanol–water partition coefficient (Wildman–Crippen LogP) is 2.23. The van der Waals surface area contributed by atoms with Gasteiger partial charge in [-0.15, -0.1) is 0 Å². The van der Waals surface area contributed by atoms with Crippen LogP contribution in [0.2, 0.25) is 0 Å². The van der Waals surface area contributed by atoms with Crippen molar-refractivity contribution >= 4 is 0 Å². The standard InChI is InChI=1S/C16H26N2O/c1-14-6-3-8-16(19-2)15(14)7-4-11-18-12-5-9-17-10-13-18/h3,6,8,17H,4-5,7,9-13H2,1-2H3. The van der Waals surface area contributed by atoms with E-state index in [2.05, 4.69) is 35.3 Å². The number of nitrogens with zero attached hydrogens (tertiary/aromatic N) is 1. The molecule has 2 rings (SSSR count). The van der Waals surface area contributed by atoms with Gasteiger partial charge >= 0.3 is 0 Å². The van der Waals surface area contributed by atoms with E-state index in [0.717, 1.165) is 18.7 Å². The van der Waals surface area contributed by atoms with Gasteiger partial charge in [0.2, 0.25) is 0 Å². The minimum absolute atomic E-state index is 1.04. The first kappa shape index (κ1) is 14.4. The van der Waals surface area contributed by atoms with Crippen molar-refractivity contribution in [3.8, 4) is 5.75 Å². The van der Waals surface area contributed by atoms with E-state index in [0.29, 0.717) is 0 Å².